The van der Waals surface area contributed by atoms with Crippen LogP contribution in [0.4, 0.5) is 0 Å². The van der Waals surface area contributed by atoms with Gasteiger partial charge >= 0.3 is 0 Å². The minimum atomic E-state index is 0.646. The zero-order chi connectivity index (χ0) is 7.56. The first-order valence-electron chi connectivity index (χ1n) is 2.75. The largest absolute Gasteiger partial charge is 0.192 e. The van der Waals surface area contributed by atoms with Crippen LogP contribution in [0.25, 0.3) is 0 Å². The molecular weight excluding hydrogens is 190 g/mol. The molecule has 0 saturated heterocycles. The van der Waals surface area contributed by atoms with Crippen molar-refractivity contribution in [2.75, 3.05) is 0 Å². The van der Waals surface area contributed by atoms with E-state index in [2.05, 4.69) is 22.9 Å². The van der Waals surface area contributed by atoms with E-state index in [-0.39, 0.29) is 0 Å². The third-order valence-corrected chi connectivity index (χ3v) is 1.81. The van der Waals surface area contributed by atoms with Crippen LogP contribution >= 0.6 is 15.9 Å². The molecule has 1 rings (SSSR count). The van der Waals surface area contributed by atoms with Gasteiger partial charge in [-0.15, -0.1) is 0 Å². The van der Waals surface area contributed by atoms with E-state index in [4.69, 9.17) is 5.26 Å². The van der Waals surface area contributed by atoms with Crippen molar-refractivity contribution in [2.45, 2.75) is 0 Å². The molecular formula is C8H5BrN. The van der Waals surface area contributed by atoms with Crippen LogP contribution in [-0.2, 0) is 0 Å². The summed E-state index contributed by atoms with van der Waals surface area (Å²) in [7, 11) is 0. The molecule has 0 aliphatic rings. The molecule has 0 aliphatic heterocycles. The van der Waals surface area contributed by atoms with Crippen LogP contribution in [0, 0.1) is 18.3 Å². The van der Waals surface area contributed by atoms with Gasteiger partial charge in [-0.1, -0.05) is 6.07 Å². The van der Waals surface area contributed by atoms with Gasteiger partial charge in [0.15, 0.2) is 0 Å². The fourth-order valence-corrected chi connectivity index (χ4v) is 1.16. The van der Waals surface area contributed by atoms with E-state index < -0.39 is 0 Å². The van der Waals surface area contributed by atoms with Gasteiger partial charge in [-0.25, -0.2) is 0 Å². The van der Waals surface area contributed by atoms with Gasteiger partial charge in [0.05, 0.1) is 5.56 Å². The molecule has 0 atom stereocenters. The number of rotatable bonds is 0. The molecule has 0 amide bonds. The van der Waals surface area contributed by atoms with Crippen molar-refractivity contribution < 1.29 is 0 Å². The first-order chi connectivity index (χ1) is 4.74. The summed E-state index contributed by atoms with van der Waals surface area (Å²) in [5.41, 5.74) is 1.55. The van der Waals surface area contributed by atoms with Gasteiger partial charge < -0.3 is 0 Å². The summed E-state index contributed by atoms with van der Waals surface area (Å²) in [5, 5.41) is 8.51. The molecule has 0 heterocycles. The molecule has 1 nitrogen and oxygen atoms in total. The maximum absolute atomic E-state index is 8.51. The fraction of sp³-hybridized carbons (Fsp3) is 0. The molecule has 1 radical (unpaired) electrons. The second-order valence-electron chi connectivity index (χ2n) is 1.93. The zero-order valence-corrected chi connectivity index (χ0v) is 6.85. The van der Waals surface area contributed by atoms with Crippen molar-refractivity contribution in [1.82, 2.24) is 0 Å². The van der Waals surface area contributed by atoms with Crippen LogP contribution in [0.1, 0.15) is 11.1 Å². The maximum Gasteiger partial charge on any atom is 0.100 e. The molecule has 1 aromatic rings. The lowest BCUT2D eigenvalue weighted by Gasteiger charge is -1.94. The molecule has 0 saturated carbocycles. The second-order valence-corrected chi connectivity index (χ2v) is 2.78. The molecule has 49 valence electrons. The Morgan fingerprint density at radius 1 is 1.50 bits per heavy atom. The maximum atomic E-state index is 8.51. The van der Waals surface area contributed by atoms with Crippen molar-refractivity contribution in [2.24, 2.45) is 0 Å². The van der Waals surface area contributed by atoms with Crippen LogP contribution in [0.2, 0.25) is 0 Å². The van der Waals surface area contributed by atoms with Crippen molar-refractivity contribution >= 4 is 15.9 Å². The Morgan fingerprint density at radius 3 is 2.70 bits per heavy atom. The molecule has 10 heavy (non-hydrogen) atoms. The molecule has 1 aromatic carbocycles. The van der Waals surface area contributed by atoms with Crippen molar-refractivity contribution in [3.8, 4) is 6.07 Å². The molecule has 0 aromatic heterocycles. The fourth-order valence-electron chi connectivity index (χ4n) is 0.649. The lowest BCUT2D eigenvalue weighted by molar-refractivity contribution is 1.45. The van der Waals surface area contributed by atoms with Gasteiger partial charge in [0, 0.05) is 4.47 Å². The number of benzene rings is 1. The Bertz CT molecular complexity index is 286. The van der Waals surface area contributed by atoms with Gasteiger partial charge in [0.1, 0.15) is 6.07 Å². The standard InChI is InChI=1S/C8H5BrN/c1-6-2-3-7(5-10)8(9)4-6/h2-4H,1H2. The third-order valence-electron chi connectivity index (χ3n) is 1.15. The Morgan fingerprint density at radius 2 is 2.20 bits per heavy atom. The van der Waals surface area contributed by atoms with E-state index in [1.165, 1.54) is 0 Å². The monoisotopic (exact) mass is 194 g/mol. The summed E-state index contributed by atoms with van der Waals surface area (Å²) in [6.07, 6.45) is 0. The Kier molecular flexibility index (Phi) is 2.08. The summed E-state index contributed by atoms with van der Waals surface area (Å²) < 4.78 is 0.808. The van der Waals surface area contributed by atoms with Crippen molar-refractivity contribution in [3.05, 3.63) is 40.7 Å². The first-order valence-corrected chi connectivity index (χ1v) is 3.55. The summed E-state index contributed by atoms with van der Waals surface area (Å²) >= 11 is 3.24. The highest BCUT2D eigenvalue weighted by atomic mass is 79.9. The van der Waals surface area contributed by atoms with Crippen molar-refractivity contribution in [3.63, 3.8) is 0 Å². The number of hydrogen-bond acceptors (Lipinski definition) is 1. The highest BCUT2D eigenvalue weighted by Gasteiger charge is 1.95. The van der Waals surface area contributed by atoms with E-state index in [1.807, 2.05) is 18.2 Å². The summed E-state index contributed by atoms with van der Waals surface area (Å²) in [5.74, 6) is 0. The molecule has 0 aliphatic carbocycles. The van der Waals surface area contributed by atoms with Gasteiger partial charge in [-0.2, -0.15) is 5.26 Å². The van der Waals surface area contributed by atoms with Crippen molar-refractivity contribution in [1.29, 1.82) is 5.26 Å². The SMILES string of the molecule is [CH2]c1ccc(C#N)c(Br)c1. The molecule has 0 fully saturated rings. The average molecular weight is 195 g/mol. The van der Waals surface area contributed by atoms with Crippen LogP contribution in [0.3, 0.4) is 0 Å². The van der Waals surface area contributed by atoms with E-state index in [9.17, 15) is 0 Å². The number of nitriles is 1. The summed E-state index contributed by atoms with van der Waals surface area (Å²) in [6, 6.07) is 7.42. The van der Waals surface area contributed by atoms with E-state index in [0.29, 0.717) is 5.56 Å². The van der Waals surface area contributed by atoms with E-state index in [0.717, 1.165) is 10.0 Å². The first kappa shape index (κ1) is 7.30. The highest BCUT2D eigenvalue weighted by Crippen LogP contribution is 2.16. The lowest BCUT2D eigenvalue weighted by atomic mass is 10.2. The van der Waals surface area contributed by atoms with Crippen LogP contribution in [0.15, 0.2) is 22.7 Å². The van der Waals surface area contributed by atoms with Gasteiger partial charge in [-0.05, 0) is 40.5 Å². The summed E-state index contributed by atoms with van der Waals surface area (Å²) in [4.78, 5) is 0. The van der Waals surface area contributed by atoms with Crippen LogP contribution in [-0.4, -0.2) is 0 Å². The zero-order valence-electron chi connectivity index (χ0n) is 5.26. The number of halogens is 1. The van der Waals surface area contributed by atoms with Gasteiger partial charge in [-0.3, -0.25) is 0 Å². The highest BCUT2D eigenvalue weighted by molar-refractivity contribution is 9.10. The van der Waals surface area contributed by atoms with Crippen LogP contribution < -0.4 is 0 Å². The minimum absolute atomic E-state index is 0.646. The molecule has 2 heteroatoms. The molecule has 0 N–H and O–H groups in total. The summed E-state index contributed by atoms with van der Waals surface area (Å²) in [6.45, 7) is 3.72. The predicted molar refractivity (Wildman–Crippen MR) is 43.3 cm³/mol. The van der Waals surface area contributed by atoms with E-state index in [1.54, 1.807) is 6.07 Å². The third kappa shape index (κ3) is 1.37. The Balaban J connectivity index is 3.23. The molecule has 0 spiro atoms. The molecule has 0 unspecified atom stereocenters. The number of nitrogens with zero attached hydrogens (tertiary/aromatic N) is 1. The normalized spacial score (nSPS) is 8.90. The molecule has 0 bridgehead atoms. The topological polar surface area (TPSA) is 23.8 Å². The Labute approximate surface area is 68.4 Å². The second kappa shape index (κ2) is 2.85. The number of hydrogen-bond donors (Lipinski definition) is 0. The average Bonchev–Trinajstić information content (AvgIpc) is 1.88. The predicted octanol–water partition coefficient (Wildman–Crippen LogP) is 2.50. The quantitative estimate of drug-likeness (QED) is 0.623. The van der Waals surface area contributed by atoms with Crippen LogP contribution in [0.5, 0.6) is 0 Å². The lowest BCUT2D eigenvalue weighted by Crippen LogP contribution is -1.77. The Hall–Kier alpha value is -0.810. The van der Waals surface area contributed by atoms with E-state index >= 15 is 0 Å². The van der Waals surface area contributed by atoms with Gasteiger partial charge in [0.25, 0.3) is 0 Å². The smallest absolute Gasteiger partial charge is 0.100 e. The van der Waals surface area contributed by atoms with Gasteiger partial charge in [0.2, 0.25) is 0 Å². The minimum Gasteiger partial charge on any atom is -0.192 e.